The summed E-state index contributed by atoms with van der Waals surface area (Å²) in [7, 11) is 0. The Morgan fingerprint density at radius 2 is 2.10 bits per heavy atom. The number of halogens is 2. The molecule has 0 aliphatic carbocycles. The Morgan fingerprint density at radius 3 is 2.86 bits per heavy atom. The molecule has 0 aliphatic heterocycles. The van der Waals surface area contributed by atoms with Crippen LogP contribution in [0.2, 0.25) is 0 Å². The van der Waals surface area contributed by atoms with Gasteiger partial charge >= 0.3 is 0 Å². The highest BCUT2D eigenvalue weighted by atomic mass is 19.2. The molecule has 7 heteroatoms. The minimum atomic E-state index is -1.03. The maximum absolute atomic E-state index is 13.6. The minimum Gasteiger partial charge on any atom is -0.506 e. The summed E-state index contributed by atoms with van der Waals surface area (Å²) in [6.07, 6.45) is 0. The molecule has 1 aromatic heterocycles. The summed E-state index contributed by atoms with van der Waals surface area (Å²) < 4.78 is 26.7. The molecule has 5 nitrogen and oxygen atoms in total. The number of aromatic nitrogens is 2. The number of H-pyrrole nitrogens is 1. The summed E-state index contributed by atoms with van der Waals surface area (Å²) >= 11 is 0. The van der Waals surface area contributed by atoms with Gasteiger partial charge in [-0.15, -0.1) is 0 Å². The highest BCUT2D eigenvalue weighted by Gasteiger charge is 2.12. The van der Waals surface area contributed by atoms with Crippen LogP contribution in [0.5, 0.6) is 5.75 Å². The van der Waals surface area contributed by atoms with Crippen molar-refractivity contribution in [2.45, 2.75) is 0 Å². The van der Waals surface area contributed by atoms with Crippen LogP contribution in [0.1, 0.15) is 5.56 Å². The minimum absolute atomic E-state index is 0.0888. The standard InChI is InChI=1S/C14H8F2N4O/c15-8-2-1-3-9(12(8)16)18-14-19-10-4-7(6-17)5-11(21)13(10)20-14/h1-5,21H,(H2,18,19,20). The quantitative estimate of drug-likeness (QED) is 0.675. The predicted molar refractivity (Wildman–Crippen MR) is 72.1 cm³/mol. The Kier molecular flexibility index (Phi) is 2.92. The Morgan fingerprint density at radius 1 is 1.29 bits per heavy atom. The van der Waals surface area contributed by atoms with Gasteiger partial charge in [-0.3, -0.25) is 0 Å². The molecule has 3 N–H and O–H groups in total. The number of imidazole rings is 1. The van der Waals surface area contributed by atoms with E-state index in [0.29, 0.717) is 5.52 Å². The molecule has 0 bridgehead atoms. The fraction of sp³-hybridized carbons (Fsp3) is 0. The lowest BCUT2D eigenvalue weighted by atomic mass is 10.2. The molecule has 0 fully saturated rings. The molecule has 3 aromatic rings. The van der Waals surface area contributed by atoms with E-state index in [1.165, 1.54) is 24.3 Å². The van der Waals surface area contributed by atoms with Gasteiger partial charge in [-0.1, -0.05) is 6.07 Å². The molecule has 0 unspecified atom stereocenters. The zero-order valence-electron chi connectivity index (χ0n) is 10.5. The van der Waals surface area contributed by atoms with Crippen molar-refractivity contribution in [3.05, 3.63) is 47.5 Å². The number of nitriles is 1. The summed E-state index contributed by atoms with van der Waals surface area (Å²) in [5.74, 6) is -2.06. The normalized spacial score (nSPS) is 10.5. The van der Waals surface area contributed by atoms with Crippen LogP contribution in [0.15, 0.2) is 30.3 Å². The van der Waals surface area contributed by atoms with Gasteiger partial charge in [0.15, 0.2) is 11.6 Å². The molecule has 0 radical (unpaired) electrons. The van der Waals surface area contributed by atoms with Crippen molar-refractivity contribution < 1.29 is 13.9 Å². The number of rotatable bonds is 2. The van der Waals surface area contributed by atoms with E-state index >= 15 is 0 Å². The number of hydrogen-bond donors (Lipinski definition) is 3. The molecule has 0 saturated heterocycles. The SMILES string of the molecule is N#Cc1cc(O)c2nc(Nc3cccc(F)c3F)[nH]c2c1. The van der Waals surface area contributed by atoms with E-state index < -0.39 is 11.6 Å². The van der Waals surface area contributed by atoms with Crippen molar-refractivity contribution in [3.8, 4) is 11.8 Å². The van der Waals surface area contributed by atoms with Crippen LogP contribution in [-0.2, 0) is 0 Å². The third kappa shape index (κ3) is 2.23. The molecule has 0 aliphatic rings. The summed E-state index contributed by atoms with van der Waals surface area (Å²) in [6, 6.07) is 8.38. The second kappa shape index (κ2) is 4.76. The van der Waals surface area contributed by atoms with Crippen molar-refractivity contribution in [1.82, 2.24) is 9.97 Å². The molecule has 1 heterocycles. The van der Waals surface area contributed by atoms with Crippen LogP contribution < -0.4 is 5.32 Å². The van der Waals surface area contributed by atoms with Crippen LogP contribution in [0.4, 0.5) is 20.4 Å². The number of fused-ring (bicyclic) bond motifs is 1. The van der Waals surface area contributed by atoms with E-state index in [4.69, 9.17) is 5.26 Å². The lowest BCUT2D eigenvalue weighted by molar-refractivity contribution is 0.480. The smallest absolute Gasteiger partial charge is 0.205 e. The van der Waals surface area contributed by atoms with Gasteiger partial charge in [0.1, 0.15) is 11.3 Å². The highest BCUT2D eigenvalue weighted by molar-refractivity contribution is 5.85. The van der Waals surface area contributed by atoms with Gasteiger partial charge in [-0.25, -0.2) is 13.8 Å². The monoisotopic (exact) mass is 286 g/mol. The lowest BCUT2D eigenvalue weighted by Crippen LogP contribution is -1.97. The van der Waals surface area contributed by atoms with Crippen molar-refractivity contribution in [2.75, 3.05) is 5.32 Å². The summed E-state index contributed by atoms with van der Waals surface area (Å²) in [6.45, 7) is 0. The van der Waals surface area contributed by atoms with Gasteiger partial charge in [0, 0.05) is 6.07 Å². The van der Waals surface area contributed by atoms with Crippen LogP contribution in [0, 0.1) is 23.0 Å². The first-order chi connectivity index (χ1) is 10.1. The summed E-state index contributed by atoms with van der Waals surface area (Å²) in [5.41, 5.74) is 0.806. The number of anilines is 2. The number of nitrogens with zero attached hydrogens (tertiary/aromatic N) is 2. The fourth-order valence-corrected chi connectivity index (χ4v) is 1.95. The lowest BCUT2D eigenvalue weighted by Gasteiger charge is -2.04. The summed E-state index contributed by atoms with van der Waals surface area (Å²) in [4.78, 5) is 6.82. The van der Waals surface area contributed by atoms with E-state index in [9.17, 15) is 13.9 Å². The van der Waals surface area contributed by atoms with Crippen LogP contribution in [0.3, 0.4) is 0 Å². The molecule has 0 saturated carbocycles. The predicted octanol–water partition coefficient (Wildman–Crippen LogP) is 3.16. The number of phenolic OH excluding ortho intramolecular Hbond substituents is 1. The molecule has 104 valence electrons. The number of phenols is 1. The first-order valence-electron chi connectivity index (χ1n) is 5.92. The average molecular weight is 286 g/mol. The number of aromatic hydroxyl groups is 1. The topological polar surface area (TPSA) is 84.7 Å². The Hall–Kier alpha value is -3.14. The maximum Gasteiger partial charge on any atom is 0.205 e. The van der Waals surface area contributed by atoms with E-state index in [1.54, 1.807) is 0 Å². The second-order valence-electron chi connectivity index (χ2n) is 4.32. The largest absolute Gasteiger partial charge is 0.506 e. The fourth-order valence-electron chi connectivity index (χ4n) is 1.95. The molecule has 3 rings (SSSR count). The third-order valence-electron chi connectivity index (χ3n) is 2.90. The van der Waals surface area contributed by atoms with Crippen molar-refractivity contribution in [2.24, 2.45) is 0 Å². The van der Waals surface area contributed by atoms with Gasteiger partial charge in [0.05, 0.1) is 22.8 Å². The molecule has 0 spiro atoms. The Balaban J connectivity index is 2.04. The average Bonchev–Trinajstić information content (AvgIpc) is 2.87. The molecule has 2 aromatic carbocycles. The van der Waals surface area contributed by atoms with Crippen LogP contribution in [0.25, 0.3) is 11.0 Å². The first-order valence-corrected chi connectivity index (χ1v) is 5.92. The molecule has 0 atom stereocenters. The third-order valence-corrected chi connectivity index (χ3v) is 2.90. The first kappa shape index (κ1) is 12.9. The number of hydrogen-bond acceptors (Lipinski definition) is 4. The second-order valence-corrected chi connectivity index (χ2v) is 4.32. The number of nitrogens with one attached hydrogen (secondary N) is 2. The zero-order valence-corrected chi connectivity index (χ0v) is 10.5. The van der Waals surface area contributed by atoms with Crippen LogP contribution in [-0.4, -0.2) is 15.1 Å². The van der Waals surface area contributed by atoms with Gasteiger partial charge in [0.2, 0.25) is 5.95 Å². The molecule has 21 heavy (non-hydrogen) atoms. The summed E-state index contributed by atoms with van der Waals surface area (Å²) in [5, 5.41) is 21.2. The van der Waals surface area contributed by atoms with E-state index in [2.05, 4.69) is 15.3 Å². The van der Waals surface area contributed by atoms with Crippen molar-refractivity contribution >= 4 is 22.7 Å². The number of benzene rings is 2. The van der Waals surface area contributed by atoms with Gasteiger partial charge in [-0.2, -0.15) is 5.26 Å². The van der Waals surface area contributed by atoms with E-state index in [0.717, 1.165) is 6.07 Å². The van der Waals surface area contributed by atoms with E-state index in [1.807, 2.05) is 6.07 Å². The Bertz CT molecular complexity index is 883. The van der Waals surface area contributed by atoms with Crippen molar-refractivity contribution in [1.29, 1.82) is 5.26 Å². The highest BCUT2D eigenvalue weighted by Crippen LogP contribution is 2.27. The number of aromatic amines is 1. The van der Waals surface area contributed by atoms with Gasteiger partial charge < -0.3 is 15.4 Å². The molecule has 0 amide bonds. The zero-order chi connectivity index (χ0) is 15.0. The maximum atomic E-state index is 13.6. The molecular weight excluding hydrogens is 278 g/mol. The van der Waals surface area contributed by atoms with E-state index in [-0.39, 0.29) is 28.5 Å². The molecular formula is C14H8F2N4O. The van der Waals surface area contributed by atoms with Gasteiger partial charge in [0.25, 0.3) is 0 Å². The van der Waals surface area contributed by atoms with Crippen molar-refractivity contribution in [3.63, 3.8) is 0 Å². The van der Waals surface area contributed by atoms with Crippen LogP contribution >= 0.6 is 0 Å². The Labute approximate surface area is 117 Å². The van der Waals surface area contributed by atoms with Gasteiger partial charge in [-0.05, 0) is 18.2 Å².